The zero-order chi connectivity index (χ0) is 11.3. The summed E-state index contributed by atoms with van der Waals surface area (Å²) in [5.74, 6) is 0. The molecule has 84 valence electrons. The highest BCUT2D eigenvalue weighted by atomic mass is 19.3. The fourth-order valence-corrected chi connectivity index (χ4v) is 1.24. The first-order valence-electron chi connectivity index (χ1n) is 4.70. The maximum absolute atomic E-state index is 11.7. The van der Waals surface area contributed by atoms with Crippen molar-refractivity contribution < 1.29 is 18.6 Å². The van der Waals surface area contributed by atoms with Gasteiger partial charge in [0.1, 0.15) is 12.7 Å². The minimum atomic E-state index is -2.49. The minimum absolute atomic E-state index is 0.103. The average molecular weight is 216 g/mol. The van der Waals surface area contributed by atoms with E-state index in [0.29, 0.717) is 5.56 Å². The highest BCUT2D eigenvalue weighted by Crippen LogP contribution is 2.14. The lowest BCUT2D eigenvalue weighted by molar-refractivity contribution is -0.0204. The summed E-state index contributed by atoms with van der Waals surface area (Å²) in [5, 5.41) is 9.59. The predicted molar refractivity (Wildman–Crippen MR) is 53.0 cm³/mol. The molecule has 1 aromatic rings. The van der Waals surface area contributed by atoms with Crippen LogP contribution in [0.1, 0.15) is 17.2 Å². The van der Waals surface area contributed by atoms with E-state index in [1.165, 1.54) is 0 Å². The normalized spacial score (nSPS) is 13.1. The van der Waals surface area contributed by atoms with Gasteiger partial charge in [-0.15, -0.1) is 0 Å². The highest BCUT2D eigenvalue weighted by Gasteiger charge is 2.09. The molecule has 0 saturated heterocycles. The largest absolute Gasteiger partial charge is 0.386 e. The fraction of sp³-hybridized carbons (Fsp3) is 0.455. The molecule has 0 heterocycles. The van der Waals surface area contributed by atoms with Gasteiger partial charge in [-0.3, -0.25) is 0 Å². The summed E-state index contributed by atoms with van der Waals surface area (Å²) in [7, 11) is 0. The van der Waals surface area contributed by atoms with Gasteiger partial charge >= 0.3 is 0 Å². The van der Waals surface area contributed by atoms with E-state index in [0.717, 1.165) is 5.56 Å². The molecule has 15 heavy (non-hydrogen) atoms. The van der Waals surface area contributed by atoms with Gasteiger partial charge in [0.05, 0.1) is 6.61 Å². The van der Waals surface area contributed by atoms with E-state index >= 15 is 0 Å². The molecule has 0 spiro atoms. The Kier molecular flexibility index (Phi) is 4.65. The molecular formula is C11H14F2O2. The molecule has 1 atom stereocenters. The summed E-state index contributed by atoms with van der Waals surface area (Å²) in [6, 6.07) is 7.25. The summed E-state index contributed by atoms with van der Waals surface area (Å²) in [6.45, 7) is 1.16. The Hall–Kier alpha value is -1.00. The Labute approximate surface area is 87.5 Å². The molecule has 1 unspecified atom stereocenters. The second-order valence-corrected chi connectivity index (χ2v) is 3.36. The van der Waals surface area contributed by atoms with Gasteiger partial charge in [0.2, 0.25) is 0 Å². The fourth-order valence-electron chi connectivity index (χ4n) is 1.24. The van der Waals surface area contributed by atoms with Gasteiger partial charge in [-0.1, -0.05) is 29.8 Å². The Morgan fingerprint density at radius 3 is 2.67 bits per heavy atom. The number of rotatable bonds is 5. The zero-order valence-corrected chi connectivity index (χ0v) is 8.49. The first kappa shape index (κ1) is 12.1. The smallest absolute Gasteiger partial charge is 0.261 e. The van der Waals surface area contributed by atoms with E-state index in [2.05, 4.69) is 4.74 Å². The standard InChI is InChI=1S/C11H14F2O2/c1-8-3-2-4-9(5-8)10(14)6-15-7-11(12)13/h2-5,10-11,14H,6-7H2,1H3. The summed E-state index contributed by atoms with van der Waals surface area (Å²) >= 11 is 0. The molecule has 0 aliphatic heterocycles. The van der Waals surface area contributed by atoms with E-state index in [9.17, 15) is 13.9 Å². The summed E-state index contributed by atoms with van der Waals surface area (Å²) < 4.78 is 28.1. The van der Waals surface area contributed by atoms with Crippen molar-refractivity contribution in [1.29, 1.82) is 0 Å². The van der Waals surface area contributed by atoms with Crippen molar-refractivity contribution in [3.8, 4) is 0 Å². The maximum Gasteiger partial charge on any atom is 0.261 e. The molecule has 1 aromatic carbocycles. The van der Waals surface area contributed by atoms with E-state index in [1.54, 1.807) is 18.2 Å². The Balaban J connectivity index is 2.43. The van der Waals surface area contributed by atoms with Crippen LogP contribution in [0.2, 0.25) is 0 Å². The maximum atomic E-state index is 11.7. The number of benzene rings is 1. The Bertz CT molecular complexity index is 302. The van der Waals surface area contributed by atoms with E-state index in [4.69, 9.17) is 0 Å². The molecule has 0 aromatic heterocycles. The van der Waals surface area contributed by atoms with Gasteiger partial charge in [0.15, 0.2) is 0 Å². The van der Waals surface area contributed by atoms with Gasteiger partial charge in [-0.05, 0) is 12.5 Å². The predicted octanol–water partition coefficient (Wildman–Crippen LogP) is 2.31. The van der Waals surface area contributed by atoms with Crippen LogP contribution >= 0.6 is 0 Å². The number of aryl methyl sites for hydroxylation is 1. The SMILES string of the molecule is Cc1cccc(C(O)COCC(F)F)c1. The third kappa shape index (κ3) is 4.36. The van der Waals surface area contributed by atoms with Crippen LogP contribution in [0.25, 0.3) is 0 Å². The summed E-state index contributed by atoms with van der Waals surface area (Å²) in [4.78, 5) is 0. The van der Waals surface area contributed by atoms with Crippen molar-refractivity contribution in [3.63, 3.8) is 0 Å². The molecule has 0 aliphatic rings. The molecule has 0 aliphatic carbocycles. The highest BCUT2D eigenvalue weighted by molar-refractivity contribution is 5.23. The lowest BCUT2D eigenvalue weighted by Gasteiger charge is -2.11. The first-order chi connectivity index (χ1) is 7.09. The van der Waals surface area contributed by atoms with Crippen LogP contribution in [0, 0.1) is 6.92 Å². The van der Waals surface area contributed by atoms with Crippen molar-refractivity contribution >= 4 is 0 Å². The lowest BCUT2D eigenvalue weighted by atomic mass is 10.1. The van der Waals surface area contributed by atoms with Gasteiger partial charge in [0, 0.05) is 0 Å². The molecule has 0 fully saturated rings. The third-order valence-electron chi connectivity index (χ3n) is 1.95. The van der Waals surface area contributed by atoms with E-state index in [-0.39, 0.29) is 6.61 Å². The van der Waals surface area contributed by atoms with Crippen LogP contribution in [0.15, 0.2) is 24.3 Å². The molecule has 4 heteroatoms. The first-order valence-corrected chi connectivity index (χ1v) is 4.70. The van der Waals surface area contributed by atoms with Crippen LogP contribution in [-0.4, -0.2) is 24.7 Å². The van der Waals surface area contributed by atoms with Gasteiger partial charge < -0.3 is 9.84 Å². The van der Waals surface area contributed by atoms with Crippen LogP contribution in [0.4, 0.5) is 8.78 Å². The third-order valence-corrected chi connectivity index (χ3v) is 1.95. The summed E-state index contributed by atoms with van der Waals surface area (Å²) in [6.07, 6.45) is -3.33. The number of alkyl halides is 2. The molecule has 0 radical (unpaired) electrons. The van der Waals surface area contributed by atoms with Crippen LogP contribution in [0.5, 0.6) is 0 Å². The lowest BCUT2D eigenvalue weighted by Crippen LogP contribution is -2.11. The quantitative estimate of drug-likeness (QED) is 0.818. The number of hydrogen-bond donors (Lipinski definition) is 1. The second kappa shape index (κ2) is 5.78. The number of ether oxygens (including phenoxy) is 1. The van der Waals surface area contributed by atoms with Crippen molar-refractivity contribution in [2.24, 2.45) is 0 Å². The molecule has 1 rings (SSSR count). The van der Waals surface area contributed by atoms with Crippen molar-refractivity contribution in [1.82, 2.24) is 0 Å². The second-order valence-electron chi connectivity index (χ2n) is 3.36. The van der Waals surface area contributed by atoms with E-state index in [1.807, 2.05) is 13.0 Å². The number of aliphatic hydroxyl groups excluding tert-OH is 1. The summed E-state index contributed by atoms with van der Waals surface area (Å²) in [5.41, 5.74) is 1.70. The van der Waals surface area contributed by atoms with E-state index < -0.39 is 19.1 Å². The van der Waals surface area contributed by atoms with Gasteiger partial charge in [-0.25, -0.2) is 8.78 Å². The monoisotopic (exact) mass is 216 g/mol. The number of hydrogen-bond acceptors (Lipinski definition) is 2. The number of halogens is 2. The Morgan fingerprint density at radius 1 is 1.33 bits per heavy atom. The molecular weight excluding hydrogens is 202 g/mol. The average Bonchev–Trinajstić information content (AvgIpc) is 2.17. The van der Waals surface area contributed by atoms with Crippen LogP contribution < -0.4 is 0 Å². The van der Waals surface area contributed by atoms with Gasteiger partial charge in [0.25, 0.3) is 6.43 Å². The topological polar surface area (TPSA) is 29.5 Å². The molecule has 0 amide bonds. The van der Waals surface area contributed by atoms with Gasteiger partial charge in [-0.2, -0.15) is 0 Å². The molecule has 0 saturated carbocycles. The molecule has 0 bridgehead atoms. The van der Waals surface area contributed by atoms with Crippen LogP contribution in [-0.2, 0) is 4.74 Å². The molecule has 1 N–H and O–H groups in total. The zero-order valence-electron chi connectivity index (χ0n) is 8.49. The van der Waals surface area contributed by atoms with Crippen molar-refractivity contribution in [3.05, 3.63) is 35.4 Å². The number of aliphatic hydroxyl groups is 1. The van der Waals surface area contributed by atoms with Crippen molar-refractivity contribution in [2.75, 3.05) is 13.2 Å². The minimum Gasteiger partial charge on any atom is -0.386 e. The molecule has 2 nitrogen and oxygen atoms in total. The van der Waals surface area contributed by atoms with Crippen LogP contribution in [0.3, 0.4) is 0 Å². The van der Waals surface area contributed by atoms with Crippen molar-refractivity contribution in [2.45, 2.75) is 19.5 Å². The Morgan fingerprint density at radius 2 is 2.07 bits per heavy atom.